The van der Waals surface area contributed by atoms with Crippen LogP contribution in [0.15, 0.2) is 0 Å². The van der Waals surface area contributed by atoms with Crippen LogP contribution in [0.4, 0.5) is 8.78 Å². The first-order valence-electron chi connectivity index (χ1n) is 4.46. The number of hydrogen-bond donors (Lipinski definition) is 1. The van der Waals surface area contributed by atoms with Crippen LogP contribution in [0, 0.1) is 5.92 Å². The zero-order chi connectivity index (χ0) is 10.7. The minimum Gasteiger partial charge on any atom is -0.325 e. The van der Waals surface area contributed by atoms with Crippen LogP contribution in [-0.4, -0.2) is 15.0 Å². The summed E-state index contributed by atoms with van der Waals surface area (Å²) < 4.78 is 26.4. The van der Waals surface area contributed by atoms with Crippen LogP contribution < -0.4 is 5.73 Å². The summed E-state index contributed by atoms with van der Waals surface area (Å²) in [6, 6.07) is 0. The van der Waals surface area contributed by atoms with Gasteiger partial charge in [0.2, 0.25) is 0 Å². The maximum atomic E-state index is 12.6. The quantitative estimate of drug-likeness (QED) is 0.804. The summed E-state index contributed by atoms with van der Waals surface area (Å²) in [7, 11) is 0. The van der Waals surface area contributed by atoms with E-state index in [4.69, 9.17) is 5.73 Å². The van der Waals surface area contributed by atoms with Crippen LogP contribution >= 0.6 is 0 Å². The van der Waals surface area contributed by atoms with E-state index in [1.54, 1.807) is 0 Å². The molecule has 0 aliphatic heterocycles. The van der Waals surface area contributed by atoms with Crippen molar-refractivity contribution in [1.29, 1.82) is 0 Å². The molecule has 1 heterocycles. The molecule has 0 saturated heterocycles. The predicted molar refractivity (Wildman–Crippen MR) is 47.7 cm³/mol. The van der Waals surface area contributed by atoms with Crippen LogP contribution in [-0.2, 0) is 13.1 Å². The van der Waals surface area contributed by atoms with Gasteiger partial charge in [-0.25, -0.2) is 13.5 Å². The van der Waals surface area contributed by atoms with Crippen molar-refractivity contribution in [2.24, 2.45) is 11.7 Å². The molecule has 0 bridgehead atoms. The molecule has 2 N–H and O–H groups in total. The maximum Gasteiger partial charge on any atom is 0.281 e. The Kier molecular flexibility index (Phi) is 3.51. The van der Waals surface area contributed by atoms with Gasteiger partial charge in [0.15, 0.2) is 0 Å². The summed E-state index contributed by atoms with van der Waals surface area (Å²) >= 11 is 0. The Hall–Kier alpha value is -1.04. The molecule has 0 aliphatic carbocycles. The molecule has 6 heteroatoms. The number of hydrogen-bond acceptors (Lipinski definition) is 3. The van der Waals surface area contributed by atoms with Gasteiger partial charge in [0.1, 0.15) is 11.4 Å². The minimum atomic E-state index is -2.57. The second kappa shape index (κ2) is 4.45. The average Bonchev–Trinajstić information content (AvgIpc) is 2.46. The Morgan fingerprint density at radius 1 is 1.43 bits per heavy atom. The first kappa shape index (κ1) is 11.0. The van der Waals surface area contributed by atoms with Gasteiger partial charge in [0.05, 0.1) is 0 Å². The van der Waals surface area contributed by atoms with Gasteiger partial charge in [-0.1, -0.05) is 19.1 Å². The van der Waals surface area contributed by atoms with Crippen molar-refractivity contribution in [3.8, 4) is 0 Å². The second-order valence-electron chi connectivity index (χ2n) is 3.50. The third-order valence-corrected chi connectivity index (χ3v) is 1.79. The summed E-state index contributed by atoms with van der Waals surface area (Å²) in [6.45, 7) is 4.29. The molecule has 1 rings (SSSR count). The standard InChI is InChI=1S/C8H14F2N4/c1-5(2)4-14-7(8(9)10)6(3-11)12-13-14/h5,8H,3-4,11H2,1-2H3. The number of halogens is 2. The highest BCUT2D eigenvalue weighted by Crippen LogP contribution is 2.21. The van der Waals surface area contributed by atoms with Gasteiger partial charge in [-0.05, 0) is 5.92 Å². The molecule has 1 aromatic rings. The van der Waals surface area contributed by atoms with E-state index in [1.807, 2.05) is 13.8 Å². The maximum absolute atomic E-state index is 12.6. The van der Waals surface area contributed by atoms with E-state index in [0.717, 1.165) is 0 Å². The molecule has 0 amide bonds. The fourth-order valence-corrected chi connectivity index (χ4v) is 1.22. The van der Waals surface area contributed by atoms with Crippen molar-refractivity contribution in [2.75, 3.05) is 0 Å². The Morgan fingerprint density at radius 2 is 2.07 bits per heavy atom. The molecule has 14 heavy (non-hydrogen) atoms. The fourth-order valence-electron chi connectivity index (χ4n) is 1.22. The number of rotatable bonds is 4. The molecule has 4 nitrogen and oxygen atoms in total. The summed E-state index contributed by atoms with van der Waals surface area (Å²) in [5.41, 5.74) is 5.31. The number of aromatic nitrogens is 3. The van der Waals surface area contributed by atoms with Crippen LogP contribution in [0.5, 0.6) is 0 Å². The lowest BCUT2D eigenvalue weighted by Crippen LogP contribution is -2.11. The monoisotopic (exact) mass is 204 g/mol. The summed E-state index contributed by atoms with van der Waals surface area (Å²) in [5, 5.41) is 7.27. The smallest absolute Gasteiger partial charge is 0.281 e. The van der Waals surface area contributed by atoms with Crippen molar-refractivity contribution in [3.63, 3.8) is 0 Å². The van der Waals surface area contributed by atoms with Crippen LogP contribution in [0.25, 0.3) is 0 Å². The summed E-state index contributed by atoms with van der Waals surface area (Å²) in [5.74, 6) is 0.250. The molecule has 0 aromatic carbocycles. The highest BCUT2D eigenvalue weighted by molar-refractivity contribution is 5.11. The number of alkyl halides is 2. The Labute approximate surface area is 81.1 Å². The molecule has 0 saturated carbocycles. The number of nitrogens with two attached hydrogens (primary N) is 1. The molecular formula is C8H14F2N4. The van der Waals surface area contributed by atoms with E-state index in [2.05, 4.69) is 10.3 Å². The Morgan fingerprint density at radius 3 is 2.50 bits per heavy atom. The van der Waals surface area contributed by atoms with Crippen molar-refractivity contribution < 1.29 is 8.78 Å². The molecule has 0 fully saturated rings. The van der Waals surface area contributed by atoms with Crippen molar-refractivity contribution >= 4 is 0 Å². The zero-order valence-electron chi connectivity index (χ0n) is 8.24. The summed E-state index contributed by atoms with van der Waals surface area (Å²) in [4.78, 5) is 0. The zero-order valence-corrected chi connectivity index (χ0v) is 8.24. The molecule has 1 aromatic heterocycles. The first-order valence-corrected chi connectivity index (χ1v) is 4.46. The molecule has 0 unspecified atom stereocenters. The van der Waals surface area contributed by atoms with Crippen LogP contribution in [0.3, 0.4) is 0 Å². The van der Waals surface area contributed by atoms with Crippen LogP contribution in [0.1, 0.15) is 31.7 Å². The topological polar surface area (TPSA) is 56.7 Å². The van der Waals surface area contributed by atoms with Gasteiger partial charge in [-0.3, -0.25) is 0 Å². The largest absolute Gasteiger partial charge is 0.325 e. The second-order valence-corrected chi connectivity index (χ2v) is 3.50. The minimum absolute atomic E-state index is 0.00221. The van der Waals surface area contributed by atoms with E-state index >= 15 is 0 Å². The van der Waals surface area contributed by atoms with Gasteiger partial charge < -0.3 is 5.73 Å². The van der Waals surface area contributed by atoms with Gasteiger partial charge in [0.25, 0.3) is 6.43 Å². The van der Waals surface area contributed by atoms with E-state index in [0.29, 0.717) is 6.54 Å². The SMILES string of the molecule is CC(C)Cn1nnc(CN)c1C(F)F. The first-order chi connectivity index (χ1) is 6.56. The van der Waals surface area contributed by atoms with Crippen molar-refractivity contribution in [2.45, 2.75) is 33.4 Å². The lowest BCUT2D eigenvalue weighted by molar-refractivity contribution is 0.136. The van der Waals surface area contributed by atoms with Crippen molar-refractivity contribution in [1.82, 2.24) is 15.0 Å². The predicted octanol–water partition coefficient (Wildman–Crippen LogP) is 1.33. The van der Waals surface area contributed by atoms with E-state index in [9.17, 15) is 8.78 Å². The van der Waals surface area contributed by atoms with Crippen LogP contribution in [0.2, 0.25) is 0 Å². The van der Waals surface area contributed by atoms with Gasteiger partial charge >= 0.3 is 0 Å². The van der Waals surface area contributed by atoms with Crippen molar-refractivity contribution in [3.05, 3.63) is 11.4 Å². The molecule has 0 atom stereocenters. The fraction of sp³-hybridized carbons (Fsp3) is 0.750. The van der Waals surface area contributed by atoms with E-state index in [1.165, 1.54) is 4.68 Å². The number of nitrogens with zero attached hydrogens (tertiary/aromatic N) is 3. The highest BCUT2D eigenvalue weighted by atomic mass is 19.3. The molecule has 0 spiro atoms. The Balaban J connectivity index is 2.98. The lowest BCUT2D eigenvalue weighted by atomic mass is 10.2. The molecule has 0 radical (unpaired) electrons. The molecule has 0 aliphatic rings. The highest BCUT2D eigenvalue weighted by Gasteiger charge is 2.20. The third-order valence-electron chi connectivity index (χ3n) is 1.79. The van der Waals surface area contributed by atoms with Gasteiger partial charge in [0, 0.05) is 13.1 Å². The average molecular weight is 204 g/mol. The molecular weight excluding hydrogens is 190 g/mol. The normalized spacial score (nSPS) is 11.6. The summed E-state index contributed by atoms with van der Waals surface area (Å²) in [6.07, 6.45) is -2.57. The van der Waals surface area contributed by atoms with E-state index < -0.39 is 6.43 Å². The molecule has 80 valence electrons. The lowest BCUT2D eigenvalue weighted by Gasteiger charge is -2.08. The Bertz CT molecular complexity index is 296. The van der Waals surface area contributed by atoms with Gasteiger partial charge in [-0.2, -0.15) is 0 Å². The third kappa shape index (κ3) is 2.25. The van der Waals surface area contributed by atoms with E-state index in [-0.39, 0.29) is 23.9 Å². The van der Waals surface area contributed by atoms with Gasteiger partial charge in [-0.15, -0.1) is 5.10 Å².